The summed E-state index contributed by atoms with van der Waals surface area (Å²) in [5.41, 5.74) is 0. The first-order valence-electron chi connectivity index (χ1n) is 5.83. The lowest BCUT2D eigenvalue weighted by atomic mass is 10.1. The molecule has 5 nitrogen and oxygen atoms in total. The highest BCUT2D eigenvalue weighted by Crippen LogP contribution is 2.12. The summed E-state index contributed by atoms with van der Waals surface area (Å²) in [6.45, 7) is 2.45. The van der Waals surface area contributed by atoms with E-state index in [1.807, 2.05) is 4.90 Å². The Labute approximate surface area is 109 Å². The summed E-state index contributed by atoms with van der Waals surface area (Å²) in [5, 5.41) is 10.5. The maximum absolute atomic E-state index is 11.8. The van der Waals surface area contributed by atoms with Gasteiger partial charge in [0.1, 0.15) is 0 Å². The van der Waals surface area contributed by atoms with E-state index in [1.165, 1.54) is 17.8 Å². The Hall–Kier alpha value is -0.950. The number of nitrogens with zero attached hydrogens (tertiary/aromatic N) is 2. The minimum Gasteiger partial charge on any atom is -0.360 e. The molecule has 94 valence electrons. The van der Waals surface area contributed by atoms with Gasteiger partial charge in [-0.05, 0) is 31.5 Å². The number of aromatic nitrogens is 2. The molecule has 1 aliphatic rings. The van der Waals surface area contributed by atoms with Crippen LogP contribution in [-0.4, -0.2) is 40.6 Å². The Morgan fingerprint density at radius 3 is 2.88 bits per heavy atom. The minimum absolute atomic E-state index is 0.233. The van der Waals surface area contributed by atoms with Crippen molar-refractivity contribution in [2.75, 3.05) is 25.0 Å². The highest BCUT2D eigenvalue weighted by atomic mass is 32.1. The van der Waals surface area contributed by atoms with Crippen LogP contribution in [0.15, 0.2) is 0 Å². The maximum atomic E-state index is 11.8. The van der Waals surface area contributed by atoms with E-state index in [0.29, 0.717) is 16.9 Å². The van der Waals surface area contributed by atoms with Gasteiger partial charge in [0.05, 0.1) is 0 Å². The van der Waals surface area contributed by atoms with Crippen molar-refractivity contribution in [1.29, 1.82) is 0 Å². The molecule has 1 aliphatic heterocycles. The first-order valence-corrected chi connectivity index (χ1v) is 7.05. The van der Waals surface area contributed by atoms with Gasteiger partial charge >= 0.3 is 0 Å². The number of anilines is 1. The number of carbonyl (C=O) groups excluding carboxylic acids is 1. The molecule has 2 N–H and O–H groups in total. The van der Waals surface area contributed by atoms with Crippen LogP contribution in [0.3, 0.4) is 0 Å². The number of piperidine rings is 1. The van der Waals surface area contributed by atoms with Gasteiger partial charge in [-0.25, -0.2) is 0 Å². The van der Waals surface area contributed by atoms with Crippen LogP contribution in [0.1, 0.15) is 25.7 Å². The van der Waals surface area contributed by atoms with Crippen molar-refractivity contribution in [3.63, 3.8) is 0 Å². The molecule has 7 heteroatoms. The van der Waals surface area contributed by atoms with Crippen molar-refractivity contribution in [2.45, 2.75) is 25.7 Å². The van der Waals surface area contributed by atoms with Crippen LogP contribution in [0.25, 0.3) is 0 Å². The van der Waals surface area contributed by atoms with Crippen molar-refractivity contribution >= 4 is 34.6 Å². The number of hydrogen-bond donors (Lipinski definition) is 2. The minimum atomic E-state index is 0.233. The van der Waals surface area contributed by atoms with Crippen LogP contribution in [0.2, 0.25) is 0 Å². The molecule has 0 aromatic carbocycles. The third-order valence-electron chi connectivity index (χ3n) is 2.76. The fourth-order valence-corrected chi connectivity index (χ4v) is 2.70. The number of aromatic amines is 1. The largest absolute Gasteiger partial charge is 0.360 e. The Kier molecular flexibility index (Phi) is 4.49. The Morgan fingerprint density at radius 1 is 1.47 bits per heavy atom. The van der Waals surface area contributed by atoms with Crippen molar-refractivity contribution < 1.29 is 4.79 Å². The van der Waals surface area contributed by atoms with Crippen LogP contribution >= 0.6 is 23.6 Å². The van der Waals surface area contributed by atoms with Crippen molar-refractivity contribution in [1.82, 2.24) is 15.1 Å². The predicted molar refractivity (Wildman–Crippen MR) is 70.8 cm³/mol. The lowest BCUT2D eigenvalue weighted by molar-refractivity contribution is -0.131. The first-order chi connectivity index (χ1) is 8.25. The Balaban J connectivity index is 1.70. The van der Waals surface area contributed by atoms with Crippen LogP contribution in [0.4, 0.5) is 5.13 Å². The second-order valence-corrected chi connectivity index (χ2v) is 5.70. The van der Waals surface area contributed by atoms with E-state index in [2.05, 4.69) is 15.5 Å². The van der Waals surface area contributed by atoms with Crippen LogP contribution in [0, 0.1) is 3.95 Å². The molecule has 2 heterocycles. The Morgan fingerprint density at radius 2 is 2.24 bits per heavy atom. The highest BCUT2D eigenvalue weighted by molar-refractivity contribution is 7.73. The van der Waals surface area contributed by atoms with Gasteiger partial charge < -0.3 is 10.2 Å². The number of nitrogens with one attached hydrogen (secondary N) is 2. The summed E-state index contributed by atoms with van der Waals surface area (Å²) in [6.07, 6.45) is 4.05. The highest BCUT2D eigenvalue weighted by Gasteiger charge is 2.15. The number of rotatable bonds is 4. The van der Waals surface area contributed by atoms with Gasteiger partial charge in [0.15, 0.2) is 3.95 Å². The van der Waals surface area contributed by atoms with Crippen molar-refractivity contribution in [3.8, 4) is 0 Å². The monoisotopic (exact) mass is 272 g/mol. The van der Waals surface area contributed by atoms with Gasteiger partial charge in [-0.3, -0.25) is 9.89 Å². The third kappa shape index (κ3) is 3.78. The fourth-order valence-electron chi connectivity index (χ4n) is 1.88. The summed E-state index contributed by atoms with van der Waals surface area (Å²) in [5.74, 6) is 0.233. The standard InChI is InChI=1S/C10H16N4OS2/c15-8(14-6-2-1-3-7-14)4-5-11-9-12-13-10(16)17-9/h1-7H2,(H,11,12)(H,13,16). The second-order valence-electron chi connectivity index (χ2n) is 4.04. The number of hydrogen-bond acceptors (Lipinski definition) is 5. The second kappa shape index (κ2) is 6.11. The normalized spacial score (nSPS) is 15.9. The zero-order chi connectivity index (χ0) is 12.1. The molecular formula is C10H16N4OS2. The fraction of sp³-hybridized carbons (Fsp3) is 0.700. The SMILES string of the molecule is O=C(CCNc1n[nH]c(=S)s1)N1CCCCC1. The molecule has 1 amide bonds. The summed E-state index contributed by atoms with van der Waals surface area (Å²) < 4.78 is 0.648. The lowest BCUT2D eigenvalue weighted by Gasteiger charge is -2.26. The summed E-state index contributed by atoms with van der Waals surface area (Å²) >= 11 is 6.31. The van der Waals surface area contributed by atoms with Gasteiger partial charge in [0.25, 0.3) is 0 Å². The van der Waals surface area contributed by atoms with Crippen molar-refractivity contribution in [2.24, 2.45) is 0 Å². The number of H-pyrrole nitrogens is 1. The molecule has 1 fully saturated rings. The number of carbonyl (C=O) groups is 1. The number of amides is 1. The van der Waals surface area contributed by atoms with E-state index >= 15 is 0 Å². The molecule has 2 rings (SSSR count). The molecule has 0 aliphatic carbocycles. The van der Waals surface area contributed by atoms with Gasteiger partial charge in [-0.1, -0.05) is 11.3 Å². The van der Waals surface area contributed by atoms with Gasteiger partial charge in [0.2, 0.25) is 11.0 Å². The molecule has 0 atom stereocenters. The molecule has 0 spiro atoms. The zero-order valence-corrected chi connectivity index (χ0v) is 11.2. The molecule has 1 saturated heterocycles. The predicted octanol–water partition coefficient (Wildman–Crippen LogP) is 2.02. The van der Waals surface area contributed by atoms with Crippen LogP contribution < -0.4 is 5.32 Å². The van der Waals surface area contributed by atoms with E-state index in [4.69, 9.17) is 12.2 Å². The summed E-state index contributed by atoms with van der Waals surface area (Å²) in [6, 6.07) is 0. The summed E-state index contributed by atoms with van der Waals surface area (Å²) in [7, 11) is 0. The summed E-state index contributed by atoms with van der Waals surface area (Å²) in [4.78, 5) is 13.8. The Bertz CT molecular complexity index is 422. The lowest BCUT2D eigenvalue weighted by Crippen LogP contribution is -2.36. The molecule has 0 unspecified atom stereocenters. The smallest absolute Gasteiger partial charge is 0.224 e. The zero-order valence-electron chi connectivity index (χ0n) is 9.57. The molecule has 1 aromatic rings. The molecule has 0 radical (unpaired) electrons. The molecule has 0 saturated carbocycles. The van der Waals surface area contributed by atoms with E-state index in [9.17, 15) is 4.79 Å². The topological polar surface area (TPSA) is 61.0 Å². The quantitative estimate of drug-likeness (QED) is 0.823. The van der Waals surface area contributed by atoms with Gasteiger partial charge in [0, 0.05) is 26.1 Å². The average molecular weight is 272 g/mol. The van der Waals surface area contributed by atoms with Gasteiger partial charge in [-0.15, -0.1) is 5.10 Å². The number of likely N-dealkylation sites (tertiary alicyclic amines) is 1. The van der Waals surface area contributed by atoms with Crippen molar-refractivity contribution in [3.05, 3.63) is 3.95 Å². The molecule has 17 heavy (non-hydrogen) atoms. The third-order valence-corrected chi connectivity index (χ3v) is 3.81. The van der Waals surface area contributed by atoms with Crippen LogP contribution in [0.5, 0.6) is 0 Å². The van der Waals surface area contributed by atoms with E-state index in [0.717, 1.165) is 31.1 Å². The van der Waals surface area contributed by atoms with E-state index < -0.39 is 0 Å². The van der Waals surface area contributed by atoms with Crippen LogP contribution in [-0.2, 0) is 4.79 Å². The maximum Gasteiger partial charge on any atom is 0.224 e. The van der Waals surface area contributed by atoms with E-state index in [1.54, 1.807) is 0 Å². The molecule has 1 aromatic heterocycles. The average Bonchev–Trinajstić information content (AvgIpc) is 2.76. The van der Waals surface area contributed by atoms with Gasteiger partial charge in [-0.2, -0.15) is 0 Å². The van der Waals surface area contributed by atoms with E-state index in [-0.39, 0.29) is 5.91 Å². The molecule has 0 bridgehead atoms. The molecular weight excluding hydrogens is 256 g/mol. The first kappa shape index (κ1) is 12.5.